The maximum Gasteiger partial charge on any atom is 0.303 e. The normalized spacial score (nSPS) is 13.4. The van der Waals surface area contributed by atoms with Crippen LogP contribution in [0.4, 0.5) is 5.69 Å². The average molecular weight is 532 g/mol. The summed E-state index contributed by atoms with van der Waals surface area (Å²) in [7, 11) is 0. The quantitative estimate of drug-likeness (QED) is 0.299. The van der Waals surface area contributed by atoms with E-state index in [0.29, 0.717) is 18.0 Å². The molecule has 0 spiro atoms. The Labute approximate surface area is 223 Å². The second-order valence-electron chi connectivity index (χ2n) is 9.65. The molecule has 1 atom stereocenters. The first-order chi connectivity index (χ1) is 17.6. The van der Waals surface area contributed by atoms with Gasteiger partial charge in [0.05, 0.1) is 23.6 Å². The second kappa shape index (κ2) is 15.2. The molecule has 37 heavy (non-hydrogen) atoms. The van der Waals surface area contributed by atoms with E-state index in [0.717, 1.165) is 48.6 Å². The van der Waals surface area contributed by atoms with Crippen molar-refractivity contribution in [1.29, 1.82) is 0 Å². The Balaban J connectivity index is 0.000000521. The summed E-state index contributed by atoms with van der Waals surface area (Å²) < 4.78 is 0. The summed E-state index contributed by atoms with van der Waals surface area (Å²) in [5.41, 5.74) is 5.54. The first-order valence-corrected chi connectivity index (χ1v) is 13.0. The lowest BCUT2D eigenvalue weighted by molar-refractivity contribution is -0.143. The zero-order chi connectivity index (χ0) is 27.4. The summed E-state index contributed by atoms with van der Waals surface area (Å²) >= 11 is 6.50. The highest BCUT2D eigenvalue weighted by molar-refractivity contribution is 6.33. The van der Waals surface area contributed by atoms with Gasteiger partial charge in [-0.3, -0.25) is 14.4 Å². The molecule has 0 aromatic heterocycles. The number of nitrogens with one attached hydrogen (secondary N) is 3. The minimum atomic E-state index is -1.08. The molecule has 0 fully saturated rings. The Morgan fingerprint density at radius 1 is 0.946 bits per heavy atom. The van der Waals surface area contributed by atoms with Gasteiger partial charge >= 0.3 is 11.9 Å². The second-order valence-corrected chi connectivity index (χ2v) is 10.1. The number of carboxylic acid groups (broad SMARTS) is 2. The standard InChI is InChI=1S/C24H32ClN3O.C4H6O4/c1-16(2)14-17(3)28-24(29)20-6-4-18(5-7-20)15-27-23-21-11-13-26-12-10-19(21)8-9-22(23)25;5-3(6)1-2-4(7)8/h4-9,16-17,26-27H,10-15H2,1-3H3,(H,28,29);1-2H2,(H,5,6)(H,7,8). The van der Waals surface area contributed by atoms with E-state index < -0.39 is 11.9 Å². The maximum atomic E-state index is 12.4. The molecule has 1 unspecified atom stereocenters. The van der Waals surface area contributed by atoms with Gasteiger partial charge in [-0.25, -0.2) is 0 Å². The summed E-state index contributed by atoms with van der Waals surface area (Å²) in [5, 5.41) is 26.6. The molecule has 5 N–H and O–H groups in total. The molecule has 0 saturated carbocycles. The van der Waals surface area contributed by atoms with E-state index in [1.54, 1.807) is 0 Å². The highest BCUT2D eigenvalue weighted by Crippen LogP contribution is 2.31. The zero-order valence-electron chi connectivity index (χ0n) is 21.8. The highest BCUT2D eigenvalue weighted by Gasteiger charge is 2.15. The first-order valence-electron chi connectivity index (χ1n) is 12.6. The fourth-order valence-electron chi connectivity index (χ4n) is 4.19. The molecule has 202 valence electrons. The summed E-state index contributed by atoms with van der Waals surface area (Å²) in [4.78, 5) is 31.7. The zero-order valence-corrected chi connectivity index (χ0v) is 22.5. The van der Waals surface area contributed by atoms with Gasteiger partial charge in [0.25, 0.3) is 5.91 Å². The molecule has 0 bridgehead atoms. The number of carbonyl (C=O) groups is 3. The molecule has 0 saturated heterocycles. The highest BCUT2D eigenvalue weighted by atomic mass is 35.5. The van der Waals surface area contributed by atoms with Crippen LogP contribution >= 0.6 is 11.6 Å². The Kier molecular flexibility index (Phi) is 12.4. The van der Waals surface area contributed by atoms with Gasteiger partial charge in [0.2, 0.25) is 0 Å². The Morgan fingerprint density at radius 3 is 2.16 bits per heavy atom. The van der Waals surface area contributed by atoms with E-state index in [9.17, 15) is 14.4 Å². The number of halogens is 1. The molecule has 8 nitrogen and oxygen atoms in total. The van der Waals surface area contributed by atoms with Gasteiger partial charge in [-0.2, -0.15) is 0 Å². The molecule has 1 aliphatic rings. The molecular formula is C28H38ClN3O5. The van der Waals surface area contributed by atoms with Crippen LogP contribution in [0.3, 0.4) is 0 Å². The average Bonchev–Trinajstić information content (AvgIpc) is 3.08. The molecular weight excluding hydrogens is 494 g/mol. The number of carbonyl (C=O) groups excluding carboxylic acids is 1. The lowest BCUT2D eigenvalue weighted by Gasteiger charge is -2.17. The van der Waals surface area contributed by atoms with Crippen molar-refractivity contribution in [2.24, 2.45) is 5.92 Å². The number of fused-ring (bicyclic) bond motifs is 1. The number of anilines is 1. The molecule has 2 aromatic rings. The van der Waals surface area contributed by atoms with Crippen molar-refractivity contribution in [3.63, 3.8) is 0 Å². The number of benzene rings is 2. The van der Waals surface area contributed by atoms with Gasteiger partial charge in [0.15, 0.2) is 0 Å². The maximum absolute atomic E-state index is 12.4. The third-order valence-corrected chi connectivity index (χ3v) is 6.24. The van der Waals surface area contributed by atoms with Crippen LogP contribution in [0, 0.1) is 5.92 Å². The van der Waals surface area contributed by atoms with Gasteiger partial charge in [-0.05, 0) is 80.1 Å². The number of aliphatic carboxylic acids is 2. The lowest BCUT2D eigenvalue weighted by atomic mass is 10.0. The molecule has 1 aliphatic heterocycles. The minimum absolute atomic E-state index is 0.0124. The van der Waals surface area contributed by atoms with Crippen LogP contribution < -0.4 is 16.0 Å². The summed E-state index contributed by atoms with van der Waals surface area (Å²) in [6.45, 7) is 9.04. The van der Waals surface area contributed by atoms with Crippen LogP contribution in [-0.2, 0) is 29.0 Å². The van der Waals surface area contributed by atoms with E-state index in [4.69, 9.17) is 21.8 Å². The number of carboxylic acids is 2. The van der Waals surface area contributed by atoms with Crippen molar-refractivity contribution in [2.45, 2.75) is 65.5 Å². The van der Waals surface area contributed by atoms with Gasteiger partial charge in [0, 0.05) is 18.2 Å². The molecule has 0 radical (unpaired) electrons. The van der Waals surface area contributed by atoms with Crippen LogP contribution in [0.1, 0.15) is 67.1 Å². The Hall–Kier alpha value is -3.10. The summed E-state index contributed by atoms with van der Waals surface area (Å²) in [6.07, 6.45) is 2.39. The van der Waals surface area contributed by atoms with Gasteiger partial charge in [-0.15, -0.1) is 0 Å². The van der Waals surface area contributed by atoms with E-state index in [1.165, 1.54) is 11.1 Å². The van der Waals surface area contributed by atoms with Crippen LogP contribution in [0.2, 0.25) is 5.02 Å². The molecule has 3 rings (SSSR count). The van der Waals surface area contributed by atoms with Crippen LogP contribution in [0.15, 0.2) is 36.4 Å². The first kappa shape index (κ1) is 30.1. The van der Waals surface area contributed by atoms with Gasteiger partial charge in [0.1, 0.15) is 0 Å². The minimum Gasteiger partial charge on any atom is -0.481 e. The SMILES string of the molecule is CC(C)CC(C)NC(=O)c1ccc(CNc2c(Cl)ccc3c2CCNCC3)cc1.O=C(O)CCC(=O)O. The van der Waals surface area contributed by atoms with Gasteiger partial charge in [-0.1, -0.05) is 43.6 Å². The Bertz CT molecular complexity index is 1040. The van der Waals surface area contributed by atoms with Crippen molar-refractivity contribution < 1.29 is 24.6 Å². The number of hydrogen-bond acceptors (Lipinski definition) is 5. The predicted octanol–water partition coefficient (Wildman–Crippen LogP) is 4.74. The summed E-state index contributed by atoms with van der Waals surface area (Å²) in [5.74, 6) is -1.60. The molecule has 0 aliphatic carbocycles. The third-order valence-electron chi connectivity index (χ3n) is 5.92. The number of amides is 1. The third kappa shape index (κ3) is 10.8. The van der Waals surface area contributed by atoms with Crippen LogP contribution in [0.25, 0.3) is 0 Å². The molecule has 1 amide bonds. The Morgan fingerprint density at radius 2 is 1.57 bits per heavy atom. The van der Waals surface area contributed by atoms with E-state index in [1.807, 2.05) is 30.3 Å². The van der Waals surface area contributed by atoms with Crippen LogP contribution in [0.5, 0.6) is 0 Å². The van der Waals surface area contributed by atoms with Crippen molar-refractivity contribution in [3.05, 3.63) is 63.7 Å². The van der Waals surface area contributed by atoms with Crippen molar-refractivity contribution in [3.8, 4) is 0 Å². The van der Waals surface area contributed by atoms with Crippen molar-refractivity contribution >= 4 is 35.1 Å². The van der Waals surface area contributed by atoms with E-state index in [-0.39, 0.29) is 24.8 Å². The predicted molar refractivity (Wildman–Crippen MR) is 146 cm³/mol. The largest absolute Gasteiger partial charge is 0.481 e. The van der Waals surface area contributed by atoms with Crippen molar-refractivity contribution in [1.82, 2.24) is 10.6 Å². The topological polar surface area (TPSA) is 128 Å². The molecule has 9 heteroatoms. The smallest absolute Gasteiger partial charge is 0.303 e. The molecule has 2 aromatic carbocycles. The fraction of sp³-hybridized carbons (Fsp3) is 0.464. The van der Waals surface area contributed by atoms with E-state index >= 15 is 0 Å². The monoisotopic (exact) mass is 531 g/mol. The number of hydrogen-bond donors (Lipinski definition) is 5. The van der Waals surface area contributed by atoms with E-state index in [2.05, 4.69) is 42.8 Å². The van der Waals surface area contributed by atoms with Gasteiger partial charge < -0.3 is 26.2 Å². The molecule has 1 heterocycles. The van der Waals surface area contributed by atoms with Crippen molar-refractivity contribution in [2.75, 3.05) is 18.4 Å². The fourth-order valence-corrected chi connectivity index (χ4v) is 4.43. The number of rotatable bonds is 10. The van der Waals surface area contributed by atoms with Crippen LogP contribution in [-0.4, -0.2) is 47.2 Å². The summed E-state index contributed by atoms with van der Waals surface area (Å²) in [6, 6.07) is 12.1. The lowest BCUT2D eigenvalue weighted by Crippen LogP contribution is -2.33.